The number of nitrogens with one attached hydrogen (secondary N) is 2. The molecular formula is C85H83BrCl6F3N13S5. The minimum atomic E-state index is -0.275. The van der Waals surface area contributed by atoms with Crippen molar-refractivity contribution in [3.63, 3.8) is 0 Å². The average Bonchev–Trinajstić information content (AvgIpc) is 0.807. The van der Waals surface area contributed by atoms with Crippen LogP contribution in [-0.4, -0.2) is 66.5 Å². The number of thioether (sulfide) groups is 4. The van der Waals surface area contributed by atoms with E-state index in [9.17, 15) is 13.2 Å². The Kier molecular flexibility index (Phi) is 38.9. The third-order valence-electron chi connectivity index (χ3n) is 13.8. The van der Waals surface area contributed by atoms with Gasteiger partial charge < -0.3 is 16.4 Å². The van der Waals surface area contributed by atoms with Crippen molar-refractivity contribution in [2.24, 2.45) is 5.73 Å². The van der Waals surface area contributed by atoms with E-state index in [4.69, 9.17) is 80.3 Å². The molecule has 13 nitrogen and oxygen atoms in total. The zero-order valence-electron chi connectivity index (χ0n) is 63.1. The maximum Gasteiger partial charge on any atom is 0.225 e. The lowest BCUT2D eigenvalue weighted by Crippen LogP contribution is -2.27. The summed E-state index contributed by atoms with van der Waals surface area (Å²) in [5, 5.41) is 11.3. The highest BCUT2D eigenvalue weighted by Gasteiger charge is 2.20. The maximum absolute atomic E-state index is 13.3. The molecule has 5 aromatic heterocycles. The SMILES string of the molecule is CC(C)(C)N.CC(C)(C)Nc1nc(SCc2ccccc2)c(Br)c(-c2ccc(F)cc2)n1.CC(C)(C)Nc1nc(SCc2ccccc2)cc(-c2ccc(F)cc2)n1.Clc1cc(Cl)nc(Cl)n1.Clc1cc(SCc2ccccc2)nc(Cl)n1.Fc1ccc(-c2cc(SCc3ccccc3)nc(Cl)n2)cc1.SCc1ccccc1. The van der Waals surface area contributed by atoms with Crippen LogP contribution in [0.2, 0.25) is 31.3 Å². The highest BCUT2D eigenvalue weighted by Crippen LogP contribution is 2.38. The minimum absolute atomic E-state index is 0. The van der Waals surface area contributed by atoms with Gasteiger partial charge in [-0.15, -0.1) is 47.0 Å². The van der Waals surface area contributed by atoms with Gasteiger partial charge in [-0.1, -0.05) is 186 Å². The van der Waals surface area contributed by atoms with Crippen molar-refractivity contribution in [2.45, 2.75) is 128 Å². The Balaban J connectivity index is 0.000000193. The van der Waals surface area contributed by atoms with Gasteiger partial charge in [0.05, 0.1) is 21.6 Å². The fourth-order valence-electron chi connectivity index (χ4n) is 8.92. The van der Waals surface area contributed by atoms with E-state index in [1.54, 1.807) is 89.5 Å². The Morgan fingerprint density at radius 2 is 0.655 bits per heavy atom. The Labute approximate surface area is 721 Å². The minimum Gasteiger partial charge on any atom is -0.350 e. The third-order valence-corrected chi connectivity index (χ3v) is 20.2. The summed E-state index contributed by atoms with van der Waals surface area (Å²) >= 11 is 48.0. The molecule has 0 amide bonds. The Morgan fingerprint density at radius 1 is 0.354 bits per heavy atom. The number of rotatable bonds is 18. The quantitative estimate of drug-likeness (QED) is 0.0276. The summed E-state index contributed by atoms with van der Waals surface area (Å²) in [5.41, 5.74) is 15.9. The van der Waals surface area contributed by atoms with Crippen molar-refractivity contribution in [3.05, 3.63) is 330 Å². The largest absolute Gasteiger partial charge is 0.350 e. The first-order valence-corrected chi connectivity index (χ1v) is 42.4. The zero-order valence-corrected chi connectivity index (χ0v) is 73.4. The highest BCUT2D eigenvalue weighted by atomic mass is 79.9. The summed E-state index contributed by atoms with van der Waals surface area (Å²) in [6.07, 6.45) is 0. The molecule has 5 heterocycles. The molecule has 0 atom stereocenters. The van der Waals surface area contributed by atoms with Crippen LogP contribution in [0.15, 0.2) is 273 Å². The van der Waals surface area contributed by atoms with Crippen LogP contribution in [-0.2, 0) is 28.8 Å². The van der Waals surface area contributed by atoms with Crippen molar-refractivity contribution in [3.8, 4) is 33.8 Å². The monoisotopic (exact) mass is 1790 g/mol. The molecular weight excluding hydrogens is 1710 g/mol. The van der Waals surface area contributed by atoms with Crippen molar-refractivity contribution in [2.75, 3.05) is 10.6 Å². The zero-order chi connectivity index (χ0) is 81.9. The first-order valence-electron chi connectivity index (χ1n) is 34.8. The van der Waals surface area contributed by atoms with Crippen LogP contribution in [0.25, 0.3) is 33.8 Å². The van der Waals surface area contributed by atoms with Gasteiger partial charge in [0.25, 0.3) is 0 Å². The van der Waals surface area contributed by atoms with Crippen molar-refractivity contribution >= 4 is 157 Å². The molecule has 0 saturated heterocycles. The summed E-state index contributed by atoms with van der Waals surface area (Å²) in [6, 6.07) is 76.8. The molecule has 28 heteroatoms. The van der Waals surface area contributed by atoms with Gasteiger partial charge >= 0.3 is 0 Å². The van der Waals surface area contributed by atoms with Gasteiger partial charge in [-0.25, -0.2) is 63.0 Å². The highest BCUT2D eigenvalue weighted by molar-refractivity contribution is 9.10. The van der Waals surface area contributed by atoms with Gasteiger partial charge in [-0.05, 0) is 226 Å². The molecule has 0 saturated carbocycles. The molecule has 113 heavy (non-hydrogen) atoms. The standard InChI is InChI=1S/C21H21BrFN3S.C21H22FN3S.C17H12ClFN2S.C11H8Cl2N2S.C7H8S.C4HCl3N2.C4H11N/c1-21(2,3)26-20-24-18(15-9-11-16(23)12-10-15)17(22)19(25-20)27-13-14-7-5-4-6-8-14;1-21(2,3)25-20-23-18(16-9-11-17(22)12-10-16)13-19(24-20)26-14-15-7-5-4-6-8-15;18-17-20-15(13-6-8-14(19)9-7-13)10-16(21-17)22-11-12-4-2-1-3-5-12;12-9-6-10(15-11(13)14-9)16-7-8-4-2-1-3-5-8;8-6-7-4-2-1-3-5-7;5-2-1-3(6)9-4(7)8-2;1-4(2,3)5/h4-12H,13H2,1-3H3,(H,24,25,26);4-13H,14H2,1-3H3,(H,23,24,25);1-10H,11H2;1-6H,7H2;1-5,8H,6H2;1H;5H2,1-3H3. The van der Waals surface area contributed by atoms with Crippen LogP contribution in [0.1, 0.15) is 90.1 Å². The lowest BCUT2D eigenvalue weighted by Gasteiger charge is -2.22. The summed E-state index contributed by atoms with van der Waals surface area (Å²) in [7, 11) is 0. The molecule has 4 N–H and O–H groups in total. The fraction of sp³-hybridized carbons (Fsp3) is 0.200. The summed E-state index contributed by atoms with van der Waals surface area (Å²) in [5.74, 6) is 4.44. The molecule has 13 rings (SSSR count). The Bertz CT molecular complexity index is 4930. The number of halogens is 10. The average molecular weight is 1800 g/mol. The van der Waals surface area contributed by atoms with Gasteiger partial charge in [0, 0.05) is 74.2 Å². The summed E-state index contributed by atoms with van der Waals surface area (Å²) in [6.45, 7) is 18.3. The molecule has 0 aliphatic rings. The smallest absolute Gasteiger partial charge is 0.225 e. The fourth-order valence-corrected chi connectivity index (χ4v) is 14.8. The number of aromatic nitrogens is 10. The van der Waals surface area contributed by atoms with E-state index in [0.29, 0.717) is 22.7 Å². The molecule has 0 spiro atoms. The van der Waals surface area contributed by atoms with Gasteiger partial charge in [0.1, 0.15) is 53.0 Å². The first kappa shape index (κ1) is 92.6. The Morgan fingerprint density at radius 3 is 1.00 bits per heavy atom. The number of nitrogens with zero attached hydrogens (tertiary/aromatic N) is 10. The first-order chi connectivity index (χ1) is 53.8. The van der Waals surface area contributed by atoms with Gasteiger partial charge in [0.15, 0.2) is 0 Å². The lowest BCUT2D eigenvalue weighted by atomic mass is 10.1. The number of anilines is 2. The van der Waals surface area contributed by atoms with Crippen LogP contribution in [0.5, 0.6) is 0 Å². The maximum atomic E-state index is 13.3. The van der Waals surface area contributed by atoms with Crippen LogP contribution in [0.4, 0.5) is 25.1 Å². The molecule has 0 fully saturated rings. The van der Waals surface area contributed by atoms with Gasteiger partial charge in [0.2, 0.25) is 27.7 Å². The molecule has 13 aromatic rings. The van der Waals surface area contributed by atoms with E-state index in [-0.39, 0.29) is 60.2 Å². The lowest BCUT2D eigenvalue weighted by molar-refractivity contribution is 0.580. The van der Waals surface area contributed by atoms with Crippen LogP contribution in [0.3, 0.4) is 0 Å². The Hall–Kier alpha value is -7.52. The molecule has 0 unspecified atom stereocenters. The number of hydrogen-bond donors (Lipinski definition) is 4. The molecule has 8 aromatic carbocycles. The van der Waals surface area contributed by atoms with E-state index in [1.165, 1.54) is 70.3 Å². The number of nitrogens with two attached hydrogens (primary N) is 1. The molecule has 0 radical (unpaired) electrons. The second kappa shape index (κ2) is 47.5. The number of benzene rings is 8. The van der Waals surface area contributed by atoms with Crippen molar-refractivity contribution in [1.29, 1.82) is 0 Å². The normalized spacial score (nSPS) is 10.8. The van der Waals surface area contributed by atoms with Gasteiger partial charge in [-0.2, -0.15) is 12.6 Å². The predicted molar refractivity (Wildman–Crippen MR) is 478 cm³/mol. The van der Waals surface area contributed by atoms with E-state index in [2.05, 4.69) is 186 Å². The third kappa shape index (κ3) is 37.8. The predicted octanol–water partition coefficient (Wildman–Crippen LogP) is 26.9. The van der Waals surface area contributed by atoms with Gasteiger partial charge in [-0.3, -0.25) is 0 Å². The van der Waals surface area contributed by atoms with Crippen LogP contribution >= 0.6 is 145 Å². The van der Waals surface area contributed by atoms with E-state index >= 15 is 0 Å². The number of hydrogen-bond acceptors (Lipinski definition) is 18. The molecule has 0 aliphatic heterocycles. The second-order valence-electron chi connectivity index (χ2n) is 27.2. The number of thiol groups is 1. The topological polar surface area (TPSA) is 179 Å². The van der Waals surface area contributed by atoms with E-state index in [0.717, 1.165) is 81.4 Å². The second-order valence-corrected chi connectivity index (χ2v) is 34.5. The van der Waals surface area contributed by atoms with Crippen LogP contribution < -0.4 is 16.4 Å². The molecule has 588 valence electrons. The van der Waals surface area contributed by atoms with Crippen molar-refractivity contribution < 1.29 is 13.2 Å². The van der Waals surface area contributed by atoms with Crippen molar-refractivity contribution in [1.82, 2.24) is 49.8 Å². The molecule has 0 aliphatic carbocycles. The summed E-state index contributed by atoms with van der Waals surface area (Å²) < 4.78 is 40.4. The van der Waals surface area contributed by atoms with Crippen LogP contribution in [0, 0.1) is 17.5 Å². The van der Waals surface area contributed by atoms with E-state index in [1.807, 2.05) is 124 Å². The van der Waals surface area contributed by atoms with E-state index < -0.39 is 0 Å². The molecule has 0 bridgehead atoms. The summed E-state index contributed by atoms with van der Waals surface area (Å²) in [4.78, 5) is 42.1.